The Morgan fingerprint density at radius 3 is 2.52 bits per heavy atom. The van der Waals surface area contributed by atoms with E-state index in [-0.39, 0.29) is 17.9 Å². The van der Waals surface area contributed by atoms with Crippen LogP contribution in [0.2, 0.25) is 0 Å². The second-order valence-electron chi connectivity index (χ2n) is 4.31. The van der Waals surface area contributed by atoms with Gasteiger partial charge in [0, 0.05) is 32.3 Å². The highest BCUT2D eigenvalue weighted by Crippen LogP contribution is 2.26. The van der Waals surface area contributed by atoms with Crippen LogP contribution in [-0.4, -0.2) is 55.1 Å². The van der Waals surface area contributed by atoms with Gasteiger partial charge in [-0.05, 0) is 12.1 Å². The molecule has 0 fully saturated rings. The number of sulfonamides is 1. The van der Waals surface area contributed by atoms with Crippen molar-refractivity contribution in [3.63, 3.8) is 0 Å². The van der Waals surface area contributed by atoms with Gasteiger partial charge in [-0.25, -0.2) is 12.7 Å². The molecule has 10 heteroatoms. The van der Waals surface area contributed by atoms with Gasteiger partial charge >= 0.3 is 5.69 Å². The van der Waals surface area contributed by atoms with Crippen molar-refractivity contribution >= 4 is 21.6 Å². The Kier molecular flexibility index (Phi) is 5.22. The van der Waals surface area contributed by atoms with Crippen molar-refractivity contribution in [1.82, 2.24) is 9.62 Å². The highest BCUT2D eigenvalue weighted by Gasteiger charge is 2.17. The molecule has 0 bridgehead atoms. The number of phenols is 1. The van der Waals surface area contributed by atoms with Crippen molar-refractivity contribution < 1.29 is 23.2 Å². The number of aromatic hydroxyl groups is 1. The fourth-order valence-electron chi connectivity index (χ4n) is 1.40. The molecule has 0 radical (unpaired) electrons. The molecule has 0 aliphatic carbocycles. The number of nitro benzene ring substituents is 1. The molecule has 0 aliphatic rings. The molecule has 0 unspecified atom stereocenters. The number of amides is 1. The maximum atomic E-state index is 11.7. The van der Waals surface area contributed by atoms with Gasteiger partial charge in [0.05, 0.1) is 10.7 Å². The maximum absolute atomic E-state index is 11.7. The number of carbonyl (C=O) groups excluding carboxylic acids is 1. The summed E-state index contributed by atoms with van der Waals surface area (Å²) < 4.78 is 24.0. The summed E-state index contributed by atoms with van der Waals surface area (Å²) in [5.74, 6) is -1.53. The Bertz CT molecular complexity index is 656. The Balaban J connectivity index is 2.69. The smallest absolute Gasteiger partial charge is 0.310 e. The van der Waals surface area contributed by atoms with E-state index in [4.69, 9.17) is 0 Å². The number of phenolic OH excluding ortho intramolecular Hbond substituents is 1. The zero-order chi connectivity index (χ0) is 16.2. The van der Waals surface area contributed by atoms with E-state index in [9.17, 15) is 28.4 Å². The molecule has 1 aromatic rings. The average Bonchev–Trinajstić information content (AvgIpc) is 2.37. The first-order chi connectivity index (χ1) is 9.65. The summed E-state index contributed by atoms with van der Waals surface area (Å²) in [5.41, 5.74) is -0.512. The van der Waals surface area contributed by atoms with E-state index < -0.39 is 32.3 Å². The molecule has 0 aliphatic heterocycles. The molecule has 0 heterocycles. The van der Waals surface area contributed by atoms with Crippen LogP contribution in [0, 0.1) is 10.1 Å². The summed E-state index contributed by atoms with van der Waals surface area (Å²) in [5, 5.41) is 22.3. The summed E-state index contributed by atoms with van der Waals surface area (Å²) >= 11 is 0. The molecule has 0 saturated heterocycles. The number of benzene rings is 1. The number of hydrogen-bond acceptors (Lipinski definition) is 6. The Labute approximate surface area is 121 Å². The summed E-state index contributed by atoms with van der Waals surface area (Å²) in [6.45, 7) is -0.114. The van der Waals surface area contributed by atoms with E-state index in [1.807, 2.05) is 0 Å². The zero-order valence-electron chi connectivity index (χ0n) is 11.4. The summed E-state index contributed by atoms with van der Waals surface area (Å²) in [4.78, 5) is 21.5. The minimum Gasteiger partial charge on any atom is -0.502 e. The summed E-state index contributed by atoms with van der Waals surface area (Å²) in [6.07, 6.45) is 0. The Morgan fingerprint density at radius 1 is 1.43 bits per heavy atom. The standard InChI is InChI=1S/C11H15N3O6S/c1-13(2)21(19,20)6-5-12-11(16)8-3-4-9(14(17)18)10(15)7-8/h3-4,7,15H,5-6H2,1-2H3,(H,12,16). The van der Waals surface area contributed by atoms with Crippen LogP contribution in [-0.2, 0) is 10.0 Å². The van der Waals surface area contributed by atoms with E-state index >= 15 is 0 Å². The second-order valence-corrected chi connectivity index (χ2v) is 6.62. The number of nitro groups is 1. The van der Waals surface area contributed by atoms with Crippen molar-refractivity contribution in [2.75, 3.05) is 26.4 Å². The highest BCUT2D eigenvalue weighted by atomic mass is 32.2. The van der Waals surface area contributed by atoms with Crippen molar-refractivity contribution in [2.24, 2.45) is 0 Å². The lowest BCUT2D eigenvalue weighted by Crippen LogP contribution is -2.33. The fourth-order valence-corrected chi connectivity index (χ4v) is 2.12. The minimum atomic E-state index is -3.42. The van der Waals surface area contributed by atoms with Gasteiger partial charge in [0.25, 0.3) is 5.91 Å². The first-order valence-corrected chi connectivity index (χ1v) is 7.42. The molecule has 9 nitrogen and oxygen atoms in total. The van der Waals surface area contributed by atoms with Crippen LogP contribution in [0.3, 0.4) is 0 Å². The lowest BCUT2D eigenvalue weighted by Gasteiger charge is -2.11. The molecule has 0 saturated carbocycles. The quantitative estimate of drug-likeness (QED) is 0.557. The largest absolute Gasteiger partial charge is 0.502 e. The predicted octanol–water partition coefficient (Wildman–Crippen LogP) is -0.0784. The zero-order valence-corrected chi connectivity index (χ0v) is 12.3. The van der Waals surface area contributed by atoms with E-state index in [0.29, 0.717) is 0 Å². The maximum Gasteiger partial charge on any atom is 0.310 e. The van der Waals surface area contributed by atoms with Crippen LogP contribution in [0.1, 0.15) is 10.4 Å². The predicted molar refractivity (Wildman–Crippen MR) is 74.6 cm³/mol. The number of hydrogen-bond donors (Lipinski definition) is 2. The highest BCUT2D eigenvalue weighted by molar-refractivity contribution is 7.89. The number of carbonyl (C=O) groups is 1. The van der Waals surface area contributed by atoms with Crippen molar-refractivity contribution in [1.29, 1.82) is 0 Å². The van der Waals surface area contributed by atoms with E-state index in [2.05, 4.69) is 5.32 Å². The molecule has 1 amide bonds. The van der Waals surface area contributed by atoms with Crippen molar-refractivity contribution in [3.05, 3.63) is 33.9 Å². The van der Waals surface area contributed by atoms with Crippen LogP contribution in [0.25, 0.3) is 0 Å². The third kappa shape index (κ3) is 4.39. The lowest BCUT2D eigenvalue weighted by molar-refractivity contribution is -0.385. The molecular weight excluding hydrogens is 302 g/mol. The topological polar surface area (TPSA) is 130 Å². The summed E-state index contributed by atoms with van der Waals surface area (Å²) in [7, 11) is -0.661. The summed E-state index contributed by atoms with van der Waals surface area (Å²) in [6, 6.07) is 3.13. The monoisotopic (exact) mass is 317 g/mol. The molecule has 0 spiro atoms. The van der Waals surface area contributed by atoms with Crippen LogP contribution in [0.5, 0.6) is 5.75 Å². The van der Waals surface area contributed by atoms with Crippen LogP contribution in [0.4, 0.5) is 5.69 Å². The van der Waals surface area contributed by atoms with Crippen LogP contribution < -0.4 is 5.32 Å². The molecule has 2 N–H and O–H groups in total. The molecule has 116 valence electrons. The first kappa shape index (κ1) is 16.9. The van der Waals surface area contributed by atoms with Gasteiger partial charge in [-0.3, -0.25) is 14.9 Å². The molecule has 21 heavy (non-hydrogen) atoms. The van der Waals surface area contributed by atoms with Crippen LogP contribution in [0.15, 0.2) is 18.2 Å². The van der Waals surface area contributed by atoms with Gasteiger partial charge in [-0.15, -0.1) is 0 Å². The van der Waals surface area contributed by atoms with Gasteiger partial charge in [-0.1, -0.05) is 0 Å². The Morgan fingerprint density at radius 2 is 2.05 bits per heavy atom. The van der Waals surface area contributed by atoms with Gasteiger partial charge in [0.15, 0.2) is 5.75 Å². The molecule has 1 rings (SSSR count). The average molecular weight is 317 g/mol. The SMILES string of the molecule is CN(C)S(=O)(=O)CCNC(=O)c1ccc([N+](=O)[O-])c(O)c1. The van der Waals surface area contributed by atoms with Gasteiger partial charge in [0.2, 0.25) is 10.0 Å². The number of nitrogens with zero attached hydrogens (tertiary/aromatic N) is 2. The van der Waals surface area contributed by atoms with E-state index in [0.717, 1.165) is 16.4 Å². The third-order valence-electron chi connectivity index (χ3n) is 2.64. The normalized spacial score (nSPS) is 11.4. The first-order valence-electron chi connectivity index (χ1n) is 5.81. The minimum absolute atomic E-state index is 0.000325. The number of rotatable bonds is 6. The van der Waals surface area contributed by atoms with Crippen molar-refractivity contribution in [3.8, 4) is 5.75 Å². The van der Waals surface area contributed by atoms with Crippen molar-refractivity contribution in [2.45, 2.75) is 0 Å². The molecular formula is C11H15N3O6S. The Hall–Kier alpha value is -2.20. The molecule has 0 atom stereocenters. The van der Waals surface area contributed by atoms with Crippen LogP contribution >= 0.6 is 0 Å². The lowest BCUT2D eigenvalue weighted by atomic mass is 10.2. The third-order valence-corrected chi connectivity index (χ3v) is 4.47. The van der Waals surface area contributed by atoms with Gasteiger partial charge in [-0.2, -0.15) is 0 Å². The second kappa shape index (κ2) is 6.50. The number of nitrogens with one attached hydrogen (secondary N) is 1. The molecule has 0 aromatic heterocycles. The fraction of sp³-hybridized carbons (Fsp3) is 0.364. The van der Waals surface area contributed by atoms with E-state index in [1.54, 1.807) is 0 Å². The van der Waals surface area contributed by atoms with E-state index in [1.165, 1.54) is 20.2 Å². The van der Waals surface area contributed by atoms with Gasteiger partial charge < -0.3 is 10.4 Å². The van der Waals surface area contributed by atoms with Gasteiger partial charge in [0.1, 0.15) is 0 Å². The molecule has 1 aromatic carbocycles.